The zero-order chi connectivity index (χ0) is 13.4. The van der Waals surface area contributed by atoms with E-state index in [0.29, 0.717) is 12.0 Å². The number of nitrogens with zero attached hydrogens (tertiary/aromatic N) is 2. The number of hydrogen-bond donors (Lipinski definition) is 2. The Kier molecular flexibility index (Phi) is 10.7. The minimum absolute atomic E-state index is 0. The highest BCUT2D eigenvalue weighted by Gasteiger charge is 2.19. The van der Waals surface area contributed by atoms with Crippen LogP contribution in [0.15, 0.2) is 4.99 Å². The summed E-state index contributed by atoms with van der Waals surface area (Å²) in [6.07, 6.45) is 3.71. The van der Waals surface area contributed by atoms with Crippen LogP contribution in [0.3, 0.4) is 0 Å². The molecule has 1 aliphatic rings. The van der Waals surface area contributed by atoms with Gasteiger partial charge in [-0.15, -0.1) is 24.0 Å². The Morgan fingerprint density at radius 1 is 1.32 bits per heavy atom. The molecule has 0 amide bonds. The molecule has 0 aliphatic carbocycles. The summed E-state index contributed by atoms with van der Waals surface area (Å²) >= 11 is 0. The van der Waals surface area contributed by atoms with Crippen LogP contribution in [0.5, 0.6) is 0 Å². The second-order valence-corrected chi connectivity index (χ2v) is 5.61. The van der Waals surface area contributed by atoms with E-state index in [4.69, 9.17) is 0 Å². The molecule has 1 fully saturated rings. The van der Waals surface area contributed by atoms with Crippen molar-refractivity contribution >= 4 is 29.9 Å². The van der Waals surface area contributed by atoms with Crippen molar-refractivity contribution in [3.8, 4) is 0 Å². The number of hydrogen-bond acceptors (Lipinski definition) is 2. The average Bonchev–Trinajstić information content (AvgIpc) is 2.36. The third kappa shape index (κ3) is 7.97. The van der Waals surface area contributed by atoms with Gasteiger partial charge in [-0.25, -0.2) is 0 Å². The lowest BCUT2D eigenvalue weighted by atomic mass is 10.1. The third-order valence-electron chi connectivity index (χ3n) is 3.37. The molecule has 0 spiro atoms. The van der Waals surface area contributed by atoms with Gasteiger partial charge < -0.3 is 15.5 Å². The van der Waals surface area contributed by atoms with Crippen LogP contribution in [-0.2, 0) is 0 Å². The summed E-state index contributed by atoms with van der Waals surface area (Å²) in [5, 5.41) is 6.91. The number of rotatable bonds is 5. The molecule has 0 aromatic heterocycles. The number of guanidine groups is 1. The number of aliphatic imine (C=N–C) groups is 1. The fraction of sp³-hybridized carbons (Fsp3) is 0.929. The van der Waals surface area contributed by atoms with Gasteiger partial charge in [0.25, 0.3) is 0 Å². The highest BCUT2D eigenvalue weighted by Crippen LogP contribution is 2.10. The highest BCUT2D eigenvalue weighted by molar-refractivity contribution is 14.0. The van der Waals surface area contributed by atoms with Gasteiger partial charge in [-0.2, -0.15) is 0 Å². The SMILES string of the molecule is CCCN1CCC(NC(=NC)NCC(C)C)CC1.I. The monoisotopic (exact) mass is 382 g/mol. The van der Waals surface area contributed by atoms with Crippen LogP contribution >= 0.6 is 24.0 Å². The maximum Gasteiger partial charge on any atom is 0.191 e. The quantitative estimate of drug-likeness (QED) is 0.436. The third-order valence-corrected chi connectivity index (χ3v) is 3.37. The van der Waals surface area contributed by atoms with E-state index in [9.17, 15) is 0 Å². The lowest BCUT2D eigenvalue weighted by Gasteiger charge is -2.32. The molecule has 114 valence electrons. The normalized spacial score (nSPS) is 18.3. The first-order valence-electron chi connectivity index (χ1n) is 7.35. The summed E-state index contributed by atoms with van der Waals surface area (Å²) < 4.78 is 0. The van der Waals surface area contributed by atoms with Crippen LogP contribution in [0.1, 0.15) is 40.0 Å². The smallest absolute Gasteiger partial charge is 0.191 e. The van der Waals surface area contributed by atoms with Crippen LogP contribution in [0, 0.1) is 5.92 Å². The molecule has 0 radical (unpaired) electrons. The molecular formula is C14H31IN4. The fourth-order valence-corrected chi connectivity index (χ4v) is 2.31. The van der Waals surface area contributed by atoms with E-state index in [1.54, 1.807) is 0 Å². The molecule has 4 nitrogen and oxygen atoms in total. The van der Waals surface area contributed by atoms with Gasteiger partial charge in [0, 0.05) is 32.7 Å². The molecule has 1 rings (SSSR count). The first-order valence-corrected chi connectivity index (χ1v) is 7.35. The zero-order valence-electron chi connectivity index (χ0n) is 12.9. The van der Waals surface area contributed by atoms with Crippen molar-refractivity contribution in [3.05, 3.63) is 0 Å². The number of likely N-dealkylation sites (tertiary alicyclic amines) is 1. The second kappa shape index (κ2) is 10.7. The summed E-state index contributed by atoms with van der Waals surface area (Å²) in [5.74, 6) is 1.60. The molecule has 0 unspecified atom stereocenters. The summed E-state index contributed by atoms with van der Waals surface area (Å²) in [6, 6.07) is 0.580. The molecule has 0 bridgehead atoms. The largest absolute Gasteiger partial charge is 0.356 e. The Morgan fingerprint density at radius 2 is 1.95 bits per heavy atom. The summed E-state index contributed by atoms with van der Waals surface area (Å²) in [4.78, 5) is 6.85. The van der Waals surface area contributed by atoms with Crippen molar-refractivity contribution in [2.24, 2.45) is 10.9 Å². The van der Waals surface area contributed by atoms with Gasteiger partial charge in [-0.05, 0) is 31.7 Å². The lowest BCUT2D eigenvalue weighted by Crippen LogP contribution is -2.49. The van der Waals surface area contributed by atoms with Crippen molar-refractivity contribution < 1.29 is 0 Å². The van der Waals surface area contributed by atoms with Crippen molar-refractivity contribution in [1.82, 2.24) is 15.5 Å². The van der Waals surface area contributed by atoms with E-state index in [-0.39, 0.29) is 24.0 Å². The van der Waals surface area contributed by atoms with E-state index in [2.05, 4.69) is 41.3 Å². The predicted octanol–water partition coefficient (Wildman–Crippen LogP) is 2.30. The topological polar surface area (TPSA) is 39.7 Å². The Balaban J connectivity index is 0.00000324. The van der Waals surface area contributed by atoms with Gasteiger partial charge >= 0.3 is 0 Å². The van der Waals surface area contributed by atoms with Crippen molar-refractivity contribution in [2.45, 2.75) is 46.1 Å². The van der Waals surface area contributed by atoms with Crippen molar-refractivity contribution in [1.29, 1.82) is 0 Å². The van der Waals surface area contributed by atoms with E-state index in [0.717, 1.165) is 12.5 Å². The van der Waals surface area contributed by atoms with Crippen LogP contribution < -0.4 is 10.6 Å². The van der Waals surface area contributed by atoms with Gasteiger partial charge in [-0.1, -0.05) is 20.8 Å². The van der Waals surface area contributed by atoms with Gasteiger partial charge in [0.2, 0.25) is 0 Å². The molecule has 1 aliphatic heterocycles. The number of nitrogens with one attached hydrogen (secondary N) is 2. The Bertz CT molecular complexity index is 248. The molecule has 0 saturated carbocycles. The van der Waals surface area contributed by atoms with Crippen LogP contribution in [0.25, 0.3) is 0 Å². The van der Waals surface area contributed by atoms with E-state index in [1.165, 1.54) is 38.9 Å². The van der Waals surface area contributed by atoms with E-state index < -0.39 is 0 Å². The maximum absolute atomic E-state index is 4.29. The second-order valence-electron chi connectivity index (χ2n) is 5.61. The summed E-state index contributed by atoms with van der Waals surface area (Å²) in [7, 11) is 1.85. The first-order chi connectivity index (χ1) is 8.65. The molecule has 2 N–H and O–H groups in total. The molecular weight excluding hydrogens is 351 g/mol. The van der Waals surface area contributed by atoms with Gasteiger partial charge in [0.1, 0.15) is 0 Å². The van der Waals surface area contributed by atoms with Crippen LogP contribution in [-0.4, -0.2) is 50.1 Å². The molecule has 19 heavy (non-hydrogen) atoms. The molecule has 0 aromatic rings. The Labute approximate surface area is 135 Å². The zero-order valence-corrected chi connectivity index (χ0v) is 15.2. The van der Waals surface area contributed by atoms with E-state index >= 15 is 0 Å². The summed E-state index contributed by atoms with van der Waals surface area (Å²) in [6.45, 7) is 11.3. The standard InChI is InChI=1S/C14H30N4.HI/c1-5-8-18-9-6-13(7-10-18)17-14(15-4)16-11-12(2)3;/h12-13H,5-11H2,1-4H3,(H2,15,16,17);1H. The van der Waals surface area contributed by atoms with Crippen molar-refractivity contribution in [3.63, 3.8) is 0 Å². The van der Waals surface area contributed by atoms with E-state index in [1.807, 2.05) is 7.05 Å². The lowest BCUT2D eigenvalue weighted by molar-refractivity contribution is 0.206. The molecule has 1 heterocycles. The molecule has 0 atom stereocenters. The van der Waals surface area contributed by atoms with Crippen molar-refractivity contribution in [2.75, 3.05) is 33.2 Å². The minimum Gasteiger partial charge on any atom is -0.356 e. The van der Waals surface area contributed by atoms with Gasteiger partial charge in [-0.3, -0.25) is 4.99 Å². The van der Waals surface area contributed by atoms with Gasteiger partial charge in [0.05, 0.1) is 0 Å². The molecule has 0 aromatic carbocycles. The maximum atomic E-state index is 4.29. The highest BCUT2D eigenvalue weighted by atomic mass is 127. The van der Waals surface area contributed by atoms with Crippen LogP contribution in [0.4, 0.5) is 0 Å². The fourth-order valence-electron chi connectivity index (χ4n) is 2.31. The number of piperidine rings is 1. The minimum atomic E-state index is 0. The Morgan fingerprint density at radius 3 is 2.42 bits per heavy atom. The van der Waals surface area contributed by atoms with Crippen LogP contribution in [0.2, 0.25) is 0 Å². The Hall–Kier alpha value is -0.0400. The molecule has 5 heteroatoms. The predicted molar refractivity (Wildman–Crippen MR) is 94.5 cm³/mol. The number of halogens is 1. The van der Waals surface area contributed by atoms with Gasteiger partial charge in [0.15, 0.2) is 5.96 Å². The first kappa shape index (κ1) is 19.0. The summed E-state index contributed by atoms with van der Waals surface area (Å²) in [5.41, 5.74) is 0. The average molecular weight is 382 g/mol. The molecule has 1 saturated heterocycles.